The van der Waals surface area contributed by atoms with Crippen LogP contribution >= 0.6 is 0 Å². The minimum atomic E-state index is -0.0908. The lowest BCUT2D eigenvalue weighted by molar-refractivity contribution is 0.0953. The first-order valence-electron chi connectivity index (χ1n) is 7.83. The predicted octanol–water partition coefficient (Wildman–Crippen LogP) is 3.23. The van der Waals surface area contributed by atoms with Crippen LogP contribution in [0.5, 0.6) is 5.75 Å². The van der Waals surface area contributed by atoms with E-state index in [1.54, 1.807) is 19.5 Å². The van der Waals surface area contributed by atoms with Crippen LogP contribution in [0.3, 0.4) is 0 Å². The Morgan fingerprint density at radius 2 is 2.09 bits per heavy atom. The number of rotatable bonds is 8. The quantitative estimate of drug-likeness (QED) is 0.734. The van der Waals surface area contributed by atoms with Crippen LogP contribution in [0.2, 0.25) is 0 Å². The Balaban J connectivity index is 1.98. The summed E-state index contributed by atoms with van der Waals surface area (Å²) in [5.74, 6) is 0.744. The van der Waals surface area contributed by atoms with Gasteiger partial charge in [-0.2, -0.15) is 0 Å². The molecular formula is C18H23N3O2. The number of para-hydroxylation sites is 1. The van der Waals surface area contributed by atoms with Crippen molar-refractivity contribution >= 4 is 11.6 Å². The highest BCUT2D eigenvalue weighted by molar-refractivity contribution is 5.94. The van der Waals surface area contributed by atoms with E-state index in [4.69, 9.17) is 4.74 Å². The topological polar surface area (TPSA) is 63.2 Å². The summed E-state index contributed by atoms with van der Waals surface area (Å²) in [6, 6.07) is 9.64. The average molecular weight is 313 g/mol. The van der Waals surface area contributed by atoms with Gasteiger partial charge in [0.1, 0.15) is 5.75 Å². The van der Waals surface area contributed by atoms with Crippen molar-refractivity contribution in [2.24, 2.45) is 0 Å². The molecule has 0 saturated heterocycles. The van der Waals surface area contributed by atoms with Gasteiger partial charge in [-0.15, -0.1) is 0 Å². The van der Waals surface area contributed by atoms with Crippen molar-refractivity contribution in [3.05, 3.63) is 53.9 Å². The van der Waals surface area contributed by atoms with Gasteiger partial charge >= 0.3 is 0 Å². The van der Waals surface area contributed by atoms with Crippen molar-refractivity contribution in [3.63, 3.8) is 0 Å². The van der Waals surface area contributed by atoms with Crippen LogP contribution in [0.15, 0.2) is 42.7 Å². The van der Waals surface area contributed by atoms with Crippen LogP contribution in [0.1, 0.15) is 35.7 Å². The highest BCUT2D eigenvalue weighted by atomic mass is 16.5. The fourth-order valence-corrected chi connectivity index (χ4v) is 2.19. The van der Waals surface area contributed by atoms with Crippen LogP contribution in [-0.4, -0.2) is 24.5 Å². The lowest BCUT2D eigenvalue weighted by Crippen LogP contribution is -2.24. The molecule has 2 aromatic rings. The van der Waals surface area contributed by atoms with Crippen LogP contribution in [0.4, 0.5) is 5.69 Å². The summed E-state index contributed by atoms with van der Waals surface area (Å²) < 4.78 is 5.33. The summed E-state index contributed by atoms with van der Waals surface area (Å²) >= 11 is 0. The highest BCUT2D eigenvalue weighted by Gasteiger charge is 2.07. The third-order valence-electron chi connectivity index (χ3n) is 3.49. The molecule has 2 N–H and O–H groups in total. The van der Waals surface area contributed by atoms with Gasteiger partial charge in [0, 0.05) is 31.0 Å². The molecule has 1 heterocycles. The van der Waals surface area contributed by atoms with Gasteiger partial charge in [-0.05, 0) is 18.6 Å². The maximum atomic E-state index is 12.0. The Labute approximate surface area is 137 Å². The highest BCUT2D eigenvalue weighted by Crippen LogP contribution is 2.19. The smallest absolute Gasteiger partial charge is 0.252 e. The lowest BCUT2D eigenvalue weighted by Gasteiger charge is -2.11. The number of methoxy groups -OCH3 is 1. The summed E-state index contributed by atoms with van der Waals surface area (Å²) in [5.41, 5.74) is 2.41. The molecule has 0 atom stereocenters. The third kappa shape index (κ3) is 4.98. The maximum absolute atomic E-state index is 12.0. The zero-order valence-electron chi connectivity index (χ0n) is 13.6. The van der Waals surface area contributed by atoms with E-state index in [0.717, 1.165) is 29.8 Å². The second kappa shape index (κ2) is 8.78. The number of carbonyl (C=O) groups is 1. The standard InChI is InChI=1S/C18H23N3O2/c1-3-4-9-20-18(22)15-10-16(13-19-11-15)21-12-14-7-5-6-8-17(14)23-2/h5-8,10-11,13,21H,3-4,9,12H2,1-2H3,(H,20,22). The first-order chi connectivity index (χ1) is 11.2. The number of benzene rings is 1. The fraction of sp³-hybridized carbons (Fsp3) is 0.333. The third-order valence-corrected chi connectivity index (χ3v) is 3.49. The molecule has 0 unspecified atom stereocenters. The van der Waals surface area contributed by atoms with Gasteiger partial charge in [-0.25, -0.2) is 0 Å². The van der Waals surface area contributed by atoms with Crippen molar-refractivity contribution in [2.75, 3.05) is 19.0 Å². The van der Waals surface area contributed by atoms with Crippen LogP contribution in [0, 0.1) is 0 Å². The molecule has 0 aliphatic heterocycles. The van der Waals surface area contributed by atoms with E-state index in [0.29, 0.717) is 18.7 Å². The Kier molecular flexibility index (Phi) is 6.41. The van der Waals surface area contributed by atoms with E-state index in [9.17, 15) is 4.79 Å². The lowest BCUT2D eigenvalue weighted by atomic mass is 10.2. The van der Waals surface area contributed by atoms with Crippen molar-refractivity contribution in [1.82, 2.24) is 10.3 Å². The average Bonchev–Trinajstić information content (AvgIpc) is 2.60. The summed E-state index contributed by atoms with van der Waals surface area (Å²) in [7, 11) is 1.65. The van der Waals surface area contributed by atoms with Gasteiger partial charge in [0.2, 0.25) is 0 Å². The number of nitrogens with one attached hydrogen (secondary N) is 2. The Hall–Kier alpha value is -2.56. The number of aromatic nitrogens is 1. The largest absolute Gasteiger partial charge is 0.496 e. The number of ether oxygens (including phenoxy) is 1. The molecule has 0 saturated carbocycles. The minimum Gasteiger partial charge on any atom is -0.496 e. The summed E-state index contributed by atoms with van der Waals surface area (Å²) in [4.78, 5) is 16.2. The zero-order valence-corrected chi connectivity index (χ0v) is 13.6. The molecule has 0 fully saturated rings. The number of carbonyl (C=O) groups excluding carboxylic acids is 1. The number of nitrogens with zero attached hydrogens (tertiary/aromatic N) is 1. The molecule has 23 heavy (non-hydrogen) atoms. The molecule has 122 valence electrons. The number of hydrogen-bond acceptors (Lipinski definition) is 4. The minimum absolute atomic E-state index is 0.0908. The van der Waals surface area contributed by atoms with Crippen molar-refractivity contribution < 1.29 is 9.53 Å². The number of pyridine rings is 1. The van der Waals surface area contributed by atoms with Gasteiger partial charge < -0.3 is 15.4 Å². The van der Waals surface area contributed by atoms with E-state index in [-0.39, 0.29) is 5.91 Å². The maximum Gasteiger partial charge on any atom is 0.252 e. The molecule has 1 amide bonds. The Bertz CT molecular complexity index is 644. The first-order valence-corrected chi connectivity index (χ1v) is 7.83. The van der Waals surface area contributed by atoms with E-state index in [1.165, 1.54) is 0 Å². The van der Waals surface area contributed by atoms with Crippen molar-refractivity contribution in [1.29, 1.82) is 0 Å². The fourth-order valence-electron chi connectivity index (χ4n) is 2.19. The molecule has 2 rings (SSSR count). The van der Waals surface area contributed by atoms with E-state index >= 15 is 0 Å². The second-order valence-electron chi connectivity index (χ2n) is 5.24. The van der Waals surface area contributed by atoms with Gasteiger partial charge in [0.05, 0.1) is 18.4 Å². The van der Waals surface area contributed by atoms with Crippen LogP contribution in [-0.2, 0) is 6.54 Å². The van der Waals surface area contributed by atoms with Gasteiger partial charge in [0.25, 0.3) is 5.91 Å². The van der Waals surface area contributed by atoms with E-state index in [1.807, 2.05) is 30.3 Å². The molecule has 5 heteroatoms. The van der Waals surface area contributed by atoms with Gasteiger partial charge in [0.15, 0.2) is 0 Å². The Morgan fingerprint density at radius 3 is 2.87 bits per heavy atom. The van der Waals surface area contributed by atoms with Gasteiger partial charge in [-0.1, -0.05) is 31.5 Å². The number of amides is 1. The first kappa shape index (κ1) is 16.8. The predicted molar refractivity (Wildman–Crippen MR) is 91.8 cm³/mol. The molecule has 0 spiro atoms. The summed E-state index contributed by atoms with van der Waals surface area (Å²) in [5, 5.41) is 6.17. The summed E-state index contributed by atoms with van der Waals surface area (Å²) in [6.07, 6.45) is 5.32. The monoisotopic (exact) mass is 313 g/mol. The normalized spacial score (nSPS) is 10.2. The van der Waals surface area contributed by atoms with Crippen molar-refractivity contribution in [3.8, 4) is 5.75 Å². The Morgan fingerprint density at radius 1 is 1.26 bits per heavy atom. The SMILES string of the molecule is CCCCNC(=O)c1cncc(NCc2ccccc2OC)c1. The summed E-state index contributed by atoms with van der Waals surface area (Å²) in [6.45, 7) is 3.39. The molecule has 0 radical (unpaired) electrons. The molecule has 0 aliphatic rings. The number of unbranched alkanes of at least 4 members (excludes halogenated alkanes) is 1. The molecule has 5 nitrogen and oxygen atoms in total. The number of anilines is 1. The second-order valence-corrected chi connectivity index (χ2v) is 5.24. The van der Waals surface area contributed by atoms with Crippen LogP contribution < -0.4 is 15.4 Å². The molecule has 1 aromatic carbocycles. The van der Waals surface area contributed by atoms with Crippen LogP contribution in [0.25, 0.3) is 0 Å². The zero-order chi connectivity index (χ0) is 16.5. The molecular weight excluding hydrogens is 290 g/mol. The van der Waals surface area contributed by atoms with E-state index < -0.39 is 0 Å². The molecule has 1 aromatic heterocycles. The van der Waals surface area contributed by atoms with Crippen molar-refractivity contribution in [2.45, 2.75) is 26.3 Å². The van der Waals surface area contributed by atoms with Gasteiger partial charge in [-0.3, -0.25) is 9.78 Å². The number of hydrogen-bond donors (Lipinski definition) is 2. The molecule has 0 aliphatic carbocycles. The van der Waals surface area contributed by atoms with E-state index in [2.05, 4.69) is 22.5 Å². The molecule has 0 bridgehead atoms.